The summed E-state index contributed by atoms with van der Waals surface area (Å²) < 4.78 is 44.4. The molecule has 0 spiro atoms. The molecule has 4 aromatic carbocycles. The molecule has 3 N–H and O–H groups in total. The highest BCUT2D eigenvalue weighted by atomic mass is 19.1. The van der Waals surface area contributed by atoms with Gasteiger partial charge in [0.2, 0.25) is 0 Å². The van der Waals surface area contributed by atoms with Gasteiger partial charge in [0.05, 0.1) is 36.6 Å². The lowest BCUT2D eigenvalue weighted by molar-refractivity contribution is -0.117. The van der Waals surface area contributed by atoms with Gasteiger partial charge in [-0.05, 0) is 63.5 Å². The van der Waals surface area contributed by atoms with Crippen molar-refractivity contribution in [2.24, 2.45) is 16.6 Å². The number of hydrogen-bond acceptors (Lipinski definition) is 9. The first-order chi connectivity index (χ1) is 36.0. The highest BCUT2D eigenvalue weighted by molar-refractivity contribution is 5.72. The van der Waals surface area contributed by atoms with E-state index in [2.05, 4.69) is 129 Å². The molecule has 8 rings (SSSR count). The number of hydrogen-bond donors (Lipinski definition) is 2. The van der Waals surface area contributed by atoms with Crippen LogP contribution in [0.2, 0.25) is 0 Å². The fourth-order valence-electron chi connectivity index (χ4n) is 8.94. The van der Waals surface area contributed by atoms with Gasteiger partial charge in [-0.1, -0.05) is 163 Å². The Kier molecular flexibility index (Phi) is 19.1. The van der Waals surface area contributed by atoms with Crippen molar-refractivity contribution >= 4 is 18.5 Å². The molecule has 2 aromatic heterocycles. The molecule has 4 atom stereocenters. The summed E-state index contributed by atoms with van der Waals surface area (Å²) >= 11 is 0. The van der Waals surface area contributed by atoms with E-state index in [0.717, 1.165) is 40.7 Å². The minimum atomic E-state index is -1.89. The second-order valence-electron chi connectivity index (χ2n) is 24.6. The Balaban J connectivity index is 0.000000209. The van der Waals surface area contributed by atoms with Gasteiger partial charge in [-0.3, -0.25) is 4.79 Å². The monoisotopic (exact) mass is 1060 g/mol. The number of benzene rings is 4. The standard InChI is InChI=1S/C31H41FN4O2.C21H25N3.C10H16FNO3/c1-29(2,3)26(33-21-31(32)17-18-35(22-31)28(37)38-30(4,5)6)27-34-25(24-15-11-8-12-16-24)20-36(27)19-23-13-9-7-10-14-23;1-21(2,3)19(22)20-23-18(17-12-8-5-9-13-17)15-24(20)14-16-10-6-4-7-11-16;1-9(2,3)15-8(14)12-5-4-10(11,6-12)7-13/h7-16,20,26,33H,17-19,21-22H2,1-6H3;4-13,15,19H,14,22H2,1-3H3;7H,4-6H2,1-3H3/t26-,31?;19-;/m00./s1. The number of likely N-dealkylation sites (tertiary alicyclic amines) is 2. The van der Waals surface area contributed by atoms with Crippen molar-refractivity contribution in [1.82, 2.24) is 34.2 Å². The smallest absolute Gasteiger partial charge is 0.410 e. The van der Waals surface area contributed by atoms with E-state index in [4.69, 9.17) is 25.2 Å². The summed E-state index contributed by atoms with van der Waals surface area (Å²) in [5, 5.41) is 3.52. The molecule has 0 bridgehead atoms. The van der Waals surface area contributed by atoms with Crippen molar-refractivity contribution in [3.8, 4) is 22.5 Å². The zero-order valence-electron chi connectivity index (χ0n) is 47.4. The van der Waals surface area contributed by atoms with E-state index >= 15 is 4.39 Å². The topological polar surface area (TPSA) is 150 Å². The van der Waals surface area contributed by atoms with Gasteiger partial charge in [-0.15, -0.1) is 0 Å². The van der Waals surface area contributed by atoms with Gasteiger partial charge in [0, 0.05) is 69.1 Å². The summed E-state index contributed by atoms with van der Waals surface area (Å²) in [5.41, 5.74) is 8.04. The third-order valence-electron chi connectivity index (χ3n) is 13.2. The molecule has 2 fully saturated rings. The Morgan fingerprint density at radius 3 is 1.42 bits per heavy atom. The summed E-state index contributed by atoms with van der Waals surface area (Å²) in [6.45, 7) is 25.5. The second kappa shape index (κ2) is 24.7. The first kappa shape index (κ1) is 59.5. The summed E-state index contributed by atoms with van der Waals surface area (Å²) in [6.07, 6.45) is 3.75. The van der Waals surface area contributed by atoms with E-state index < -0.39 is 34.7 Å². The number of halogens is 2. The molecule has 2 amide bonds. The minimum absolute atomic E-state index is 0.0134. The Morgan fingerprint density at radius 1 is 0.610 bits per heavy atom. The number of nitrogens with zero attached hydrogens (tertiary/aromatic N) is 6. The molecule has 13 nitrogen and oxygen atoms in total. The fraction of sp³-hybridized carbons (Fsp3) is 0.468. The van der Waals surface area contributed by atoms with Crippen LogP contribution in [0.4, 0.5) is 18.4 Å². The molecule has 77 heavy (non-hydrogen) atoms. The van der Waals surface area contributed by atoms with Crippen LogP contribution < -0.4 is 11.1 Å². The summed E-state index contributed by atoms with van der Waals surface area (Å²) in [4.78, 5) is 47.1. The van der Waals surface area contributed by atoms with Crippen molar-refractivity contribution < 1.29 is 32.6 Å². The SMILES string of the molecule is CC(C)(C)OC(=O)N1CCC(F)(C=O)C1.CC(C)(C)OC(=O)N1CCC(F)(CN[C@@H](c2nc(-c3ccccc3)cn2Cc2ccccc2)C(C)(C)C)C1.CC(C)(C)[C@@H](N)c1nc(-c2ccccc2)cn1Cc1ccccc1. The summed E-state index contributed by atoms with van der Waals surface area (Å²) in [7, 11) is 0. The lowest BCUT2D eigenvalue weighted by Crippen LogP contribution is -2.45. The van der Waals surface area contributed by atoms with E-state index in [-0.39, 0.29) is 68.2 Å². The average Bonchev–Trinajstić information content (AvgIpc) is 4.19. The second-order valence-corrected chi connectivity index (χ2v) is 24.6. The normalized spacial score (nSPS) is 18.6. The van der Waals surface area contributed by atoms with Gasteiger partial charge in [0.25, 0.3) is 0 Å². The summed E-state index contributed by atoms with van der Waals surface area (Å²) in [6, 6.07) is 40.8. The number of carbonyl (C=O) groups is 3. The molecular weight excluding hydrogens is 975 g/mol. The van der Waals surface area contributed by atoms with Gasteiger partial charge in [-0.2, -0.15) is 0 Å². The van der Waals surface area contributed by atoms with Crippen molar-refractivity contribution in [2.75, 3.05) is 32.7 Å². The van der Waals surface area contributed by atoms with Crippen LogP contribution in [-0.4, -0.2) is 103 Å². The number of amides is 2. The molecular formula is C62H82F2N8O5. The number of alkyl halides is 2. The molecule has 15 heteroatoms. The predicted molar refractivity (Wildman–Crippen MR) is 302 cm³/mol. The van der Waals surface area contributed by atoms with Crippen LogP contribution in [0.15, 0.2) is 134 Å². The van der Waals surface area contributed by atoms with Crippen molar-refractivity contribution in [2.45, 2.75) is 144 Å². The molecule has 2 aliphatic rings. The van der Waals surface area contributed by atoms with Crippen molar-refractivity contribution in [3.63, 3.8) is 0 Å². The van der Waals surface area contributed by atoms with Gasteiger partial charge >= 0.3 is 12.2 Å². The Morgan fingerprint density at radius 2 is 1.01 bits per heavy atom. The van der Waals surface area contributed by atoms with E-state index in [1.807, 2.05) is 81.4 Å². The highest BCUT2D eigenvalue weighted by Crippen LogP contribution is 2.37. The number of nitrogens with one attached hydrogen (secondary N) is 1. The van der Waals surface area contributed by atoms with E-state index in [1.165, 1.54) is 20.9 Å². The number of nitrogens with two attached hydrogens (primary N) is 1. The van der Waals surface area contributed by atoms with Crippen LogP contribution in [0.1, 0.15) is 131 Å². The minimum Gasteiger partial charge on any atom is -0.444 e. The molecule has 2 aliphatic heterocycles. The Labute approximate surface area is 455 Å². The number of imidazole rings is 2. The van der Waals surface area contributed by atoms with Crippen molar-refractivity contribution in [3.05, 3.63) is 156 Å². The molecule has 0 aliphatic carbocycles. The quantitative estimate of drug-likeness (QED) is 0.114. The maximum atomic E-state index is 16.0. The molecule has 4 heterocycles. The van der Waals surface area contributed by atoms with Crippen molar-refractivity contribution in [1.29, 1.82) is 0 Å². The third kappa shape index (κ3) is 17.4. The fourth-order valence-corrected chi connectivity index (χ4v) is 8.94. The molecule has 0 saturated carbocycles. The molecule has 0 radical (unpaired) electrons. The van der Waals surface area contributed by atoms with Crippen LogP contribution in [0.25, 0.3) is 22.5 Å². The number of aldehydes is 1. The van der Waals surface area contributed by atoms with Gasteiger partial charge in [-0.25, -0.2) is 28.3 Å². The predicted octanol–water partition coefficient (Wildman–Crippen LogP) is 12.8. The lowest BCUT2D eigenvalue weighted by Gasteiger charge is -2.34. The van der Waals surface area contributed by atoms with Crippen LogP contribution in [0, 0.1) is 10.8 Å². The Hall–Kier alpha value is -6.71. The van der Waals surface area contributed by atoms with Crippen LogP contribution in [0.5, 0.6) is 0 Å². The van der Waals surface area contributed by atoms with E-state index in [0.29, 0.717) is 13.1 Å². The third-order valence-corrected chi connectivity index (χ3v) is 13.2. The largest absolute Gasteiger partial charge is 0.444 e. The number of aromatic nitrogens is 4. The van der Waals surface area contributed by atoms with Crippen LogP contribution >= 0.6 is 0 Å². The first-order valence-corrected chi connectivity index (χ1v) is 26.7. The van der Waals surface area contributed by atoms with E-state index in [1.54, 1.807) is 20.8 Å². The highest BCUT2D eigenvalue weighted by Gasteiger charge is 2.44. The zero-order chi connectivity index (χ0) is 56.4. The molecule has 2 unspecified atom stereocenters. The Bertz CT molecular complexity index is 2840. The molecule has 6 aromatic rings. The van der Waals surface area contributed by atoms with Crippen LogP contribution in [0.3, 0.4) is 0 Å². The number of carbonyl (C=O) groups excluding carboxylic acids is 3. The van der Waals surface area contributed by atoms with Gasteiger partial charge < -0.3 is 39.5 Å². The number of rotatable bonds is 12. The zero-order valence-corrected chi connectivity index (χ0v) is 47.4. The van der Waals surface area contributed by atoms with Gasteiger partial charge in [0.1, 0.15) is 28.5 Å². The first-order valence-electron chi connectivity index (χ1n) is 26.7. The van der Waals surface area contributed by atoms with Gasteiger partial charge in [0.15, 0.2) is 12.0 Å². The molecule has 414 valence electrons. The maximum absolute atomic E-state index is 16.0. The summed E-state index contributed by atoms with van der Waals surface area (Å²) in [5.74, 6) is 1.80. The van der Waals surface area contributed by atoms with E-state index in [9.17, 15) is 18.8 Å². The lowest BCUT2D eigenvalue weighted by atomic mass is 9.85. The average molecular weight is 1060 g/mol. The molecule has 2 saturated heterocycles. The number of ether oxygens (including phenoxy) is 2. The maximum Gasteiger partial charge on any atom is 0.410 e. The van der Waals surface area contributed by atoms with Crippen LogP contribution in [-0.2, 0) is 27.4 Å².